The monoisotopic (exact) mass is 915 g/mol. The second-order valence-electron chi connectivity index (χ2n) is 15.4. The van der Waals surface area contributed by atoms with E-state index >= 15 is 0 Å². The van der Waals surface area contributed by atoms with Gasteiger partial charge in [0.25, 0.3) is 16.8 Å². The Hall–Kier alpha value is -6.77. The van der Waals surface area contributed by atoms with E-state index in [4.69, 9.17) is 37.3 Å². The molecule has 3 aliphatic rings. The van der Waals surface area contributed by atoms with Crippen molar-refractivity contribution in [2.24, 2.45) is 0 Å². The number of carbonyl (C=O) groups excluding carboxylic acids is 2. The van der Waals surface area contributed by atoms with Gasteiger partial charge in [-0.25, -0.2) is 14.4 Å². The minimum Gasteiger partial charge on any atom is -0.460 e. The van der Waals surface area contributed by atoms with E-state index in [2.05, 4.69) is 9.97 Å². The van der Waals surface area contributed by atoms with E-state index in [0.29, 0.717) is 0 Å². The number of rotatable bonds is 15. The lowest BCUT2D eigenvalue weighted by Crippen LogP contribution is -2.33. The molecule has 2 aromatic heterocycles. The standard InChI is InChI=1S/C43H42N5O16P/c1-23-18-46(41(52)44-39(23)50)37-16-33(60-25(3)49)36(62-37)22-59-65(63-27-14-12-26(13-15-27)48(55)56)64-34-17-38(47-19-24(2)40(51)45-42(47)53)61-35(34)21-58-43(54)57-20-32-30-10-6-4-8-28(30)29-9-5-7-11-31(29)32/h4-15,18-19,32-38H,16-17,20-22H2,1-3H3,(H,44,50,52)(H,45,51,53)/t33-,34-,35+,36+,37+,38+,65?/m0/s1. The van der Waals surface area contributed by atoms with E-state index in [1.165, 1.54) is 57.4 Å². The van der Waals surface area contributed by atoms with Crippen molar-refractivity contribution in [3.63, 3.8) is 0 Å². The number of aromatic amines is 2. The van der Waals surface area contributed by atoms with Gasteiger partial charge >= 0.3 is 32.1 Å². The molecule has 4 heterocycles. The van der Waals surface area contributed by atoms with Crippen LogP contribution in [0.4, 0.5) is 10.5 Å². The van der Waals surface area contributed by atoms with Gasteiger partial charge in [-0.05, 0) is 48.2 Å². The van der Waals surface area contributed by atoms with Crippen LogP contribution in [-0.4, -0.2) is 80.4 Å². The zero-order valence-electron chi connectivity index (χ0n) is 35.0. The zero-order valence-corrected chi connectivity index (χ0v) is 35.9. The summed E-state index contributed by atoms with van der Waals surface area (Å²) in [5, 5.41) is 11.4. The van der Waals surface area contributed by atoms with Gasteiger partial charge in [-0.15, -0.1) is 0 Å². The predicted molar refractivity (Wildman–Crippen MR) is 227 cm³/mol. The lowest BCUT2D eigenvalue weighted by molar-refractivity contribution is -0.384. The Morgan fingerprint density at radius 3 is 1.83 bits per heavy atom. The molecule has 8 rings (SSSR count). The Labute approximate surface area is 368 Å². The average Bonchev–Trinajstić information content (AvgIpc) is 3.97. The van der Waals surface area contributed by atoms with E-state index in [1.54, 1.807) is 0 Å². The second-order valence-corrected chi connectivity index (χ2v) is 16.5. The molecule has 1 aliphatic carbocycles. The molecule has 65 heavy (non-hydrogen) atoms. The fraction of sp³-hybridized carbons (Fsp3) is 0.349. The molecular weight excluding hydrogens is 873 g/mol. The van der Waals surface area contributed by atoms with Crippen LogP contribution >= 0.6 is 8.60 Å². The van der Waals surface area contributed by atoms with Crippen LogP contribution in [0, 0.1) is 24.0 Å². The van der Waals surface area contributed by atoms with Crippen molar-refractivity contribution in [2.75, 3.05) is 19.8 Å². The molecule has 2 aliphatic heterocycles. The fourth-order valence-corrected chi connectivity index (χ4v) is 9.07. The molecule has 22 heteroatoms. The summed E-state index contributed by atoms with van der Waals surface area (Å²) in [7, 11) is -2.54. The molecular formula is C43H42N5O16P. The minimum atomic E-state index is -2.54. The second kappa shape index (κ2) is 19.1. The maximum atomic E-state index is 13.2. The van der Waals surface area contributed by atoms with E-state index in [0.717, 1.165) is 31.4 Å². The maximum absolute atomic E-state index is 13.2. The van der Waals surface area contributed by atoms with Gasteiger partial charge in [0.1, 0.15) is 55.8 Å². The summed E-state index contributed by atoms with van der Waals surface area (Å²) in [6, 6.07) is 20.7. The normalized spacial score (nSPS) is 21.6. The highest BCUT2D eigenvalue weighted by molar-refractivity contribution is 7.42. The number of carbonyl (C=O) groups is 2. The largest absolute Gasteiger partial charge is 0.508 e. The van der Waals surface area contributed by atoms with Crippen LogP contribution in [0.15, 0.2) is 104 Å². The molecule has 5 aromatic rings. The summed E-state index contributed by atoms with van der Waals surface area (Å²) in [4.78, 5) is 90.8. The third-order valence-corrected chi connectivity index (χ3v) is 12.2. The Bertz CT molecular complexity index is 2800. The van der Waals surface area contributed by atoms with Gasteiger partial charge in [0, 0.05) is 61.3 Å². The van der Waals surface area contributed by atoms with Crippen LogP contribution in [0.2, 0.25) is 0 Å². The SMILES string of the molecule is CC(=O)O[C@H]1C[C@H](n2cc(C)c(=O)[nH]c2=O)O[C@@H]1COP(Oc1ccc([N+](=O)[O-])cc1)O[C@H]1C[C@H](n2cc(C)c(=O)[nH]c2=O)O[C@@H]1COC(=O)OCC1c2ccccc2-c2ccccc21. The summed E-state index contributed by atoms with van der Waals surface area (Å²) in [6.07, 6.45) is -4.56. The van der Waals surface area contributed by atoms with Crippen molar-refractivity contribution in [1.29, 1.82) is 0 Å². The molecule has 2 fully saturated rings. The number of aromatic nitrogens is 4. The van der Waals surface area contributed by atoms with Crippen LogP contribution in [-0.2, 0) is 37.5 Å². The third-order valence-electron chi connectivity index (χ3n) is 11.1. The highest BCUT2D eigenvalue weighted by Gasteiger charge is 2.44. The van der Waals surface area contributed by atoms with Crippen molar-refractivity contribution < 1.29 is 51.8 Å². The van der Waals surface area contributed by atoms with Crippen molar-refractivity contribution in [3.8, 4) is 16.9 Å². The number of fused-ring (bicyclic) bond motifs is 3. The Morgan fingerprint density at radius 1 is 0.754 bits per heavy atom. The number of esters is 1. The molecule has 21 nitrogen and oxygen atoms in total. The number of nitro benzene ring substituents is 1. The third kappa shape index (κ3) is 9.98. The molecule has 0 amide bonds. The van der Waals surface area contributed by atoms with Gasteiger partial charge in [0.05, 0.1) is 11.5 Å². The van der Waals surface area contributed by atoms with Gasteiger partial charge in [-0.3, -0.25) is 52.6 Å². The van der Waals surface area contributed by atoms with E-state index in [9.17, 15) is 38.9 Å². The number of hydrogen-bond acceptors (Lipinski definition) is 16. The van der Waals surface area contributed by atoms with Crippen LogP contribution in [0.3, 0.4) is 0 Å². The number of nitrogens with zero attached hydrogens (tertiary/aromatic N) is 3. The molecule has 2 saturated heterocycles. The van der Waals surface area contributed by atoms with Gasteiger partial charge in [0.15, 0.2) is 0 Å². The summed E-state index contributed by atoms with van der Waals surface area (Å²) in [5.41, 5.74) is 1.62. The Morgan fingerprint density at radius 2 is 1.28 bits per heavy atom. The Balaban J connectivity index is 1.02. The number of ether oxygens (including phenoxy) is 5. The molecule has 0 radical (unpaired) electrons. The molecule has 0 spiro atoms. The summed E-state index contributed by atoms with van der Waals surface area (Å²) in [5.74, 6) is -0.795. The maximum Gasteiger partial charge on any atom is 0.508 e. The topological polar surface area (TPSA) is 261 Å². The minimum absolute atomic E-state index is 0.00174. The number of hydrogen-bond donors (Lipinski definition) is 2. The smallest absolute Gasteiger partial charge is 0.460 e. The molecule has 0 saturated carbocycles. The summed E-state index contributed by atoms with van der Waals surface area (Å²) < 4.78 is 50.2. The highest BCUT2D eigenvalue weighted by atomic mass is 31.2. The van der Waals surface area contributed by atoms with Crippen LogP contribution < -0.4 is 27.0 Å². The number of benzene rings is 3. The highest BCUT2D eigenvalue weighted by Crippen LogP contribution is 2.48. The number of aryl methyl sites for hydroxylation is 2. The number of nitrogens with one attached hydrogen (secondary N) is 2. The fourth-order valence-electron chi connectivity index (χ4n) is 7.91. The lowest BCUT2D eigenvalue weighted by Gasteiger charge is -2.25. The van der Waals surface area contributed by atoms with Gasteiger partial charge in [0.2, 0.25) is 0 Å². The Kier molecular flexibility index (Phi) is 13.2. The van der Waals surface area contributed by atoms with Gasteiger partial charge in [-0.1, -0.05) is 48.5 Å². The molecule has 1 unspecified atom stereocenters. The number of non-ortho nitro benzene ring substituents is 1. The van der Waals surface area contributed by atoms with Crippen LogP contribution in [0.1, 0.15) is 60.4 Å². The van der Waals surface area contributed by atoms with E-state index < -0.39 is 91.6 Å². The van der Waals surface area contributed by atoms with Gasteiger partial charge in [-0.2, -0.15) is 0 Å². The first-order valence-electron chi connectivity index (χ1n) is 20.3. The zero-order chi connectivity index (χ0) is 45.9. The van der Waals surface area contributed by atoms with Crippen LogP contribution in [0.25, 0.3) is 11.1 Å². The molecule has 7 atom stereocenters. The first kappa shape index (κ1) is 44.8. The number of nitro groups is 1. The molecule has 0 bridgehead atoms. The average molecular weight is 916 g/mol. The van der Waals surface area contributed by atoms with E-state index in [1.807, 2.05) is 48.5 Å². The quantitative estimate of drug-likeness (QED) is 0.0619. The van der Waals surface area contributed by atoms with Crippen molar-refractivity contribution in [1.82, 2.24) is 19.1 Å². The first-order valence-corrected chi connectivity index (χ1v) is 21.4. The van der Waals surface area contributed by atoms with E-state index in [-0.39, 0.29) is 54.5 Å². The lowest BCUT2D eigenvalue weighted by atomic mass is 9.98. The van der Waals surface area contributed by atoms with Crippen LogP contribution in [0.5, 0.6) is 5.75 Å². The molecule has 340 valence electrons. The number of H-pyrrole nitrogens is 2. The molecule has 3 aromatic carbocycles. The van der Waals surface area contributed by atoms with Crippen molar-refractivity contribution >= 4 is 26.4 Å². The predicted octanol–water partition coefficient (Wildman–Crippen LogP) is 4.79. The van der Waals surface area contributed by atoms with Crippen molar-refractivity contribution in [3.05, 3.63) is 159 Å². The van der Waals surface area contributed by atoms with Gasteiger partial charge < -0.3 is 28.2 Å². The first-order chi connectivity index (χ1) is 31.2. The van der Waals surface area contributed by atoms with Crippen molar-refractivity contribution in [2.45, 2.75) is 76.4 Å². The summed E-state index contributed by atoms with van der Waals surface area (Å²) in [6.45, 7) is 3.39. The summed E-state index contributed by atoms with van der Waals surface area (Å²) >= 11 is 0. The molecule has 2 N–H and O–H groups in total.